The summed E-state index contributed by atoms with van der Waals surface area (Å²) < 4.78 is 42.9. The van der Waals surface area contributed by atoms with Crippen LogP contribution in [0.15, 0.2) is 38.5 Å². The van der Waals surface area contributed by atoms with E-state index in [-0.39, 0.29) is 10.0 Å². The van der Waals surface area contributed by atoms with Crippen LogP contribution in [0.3, 0.4) is 0 Å². The molecule has 6 nitrogen and oxygen atoms in total. The average Bonchev–Trinajstić information content (AvgIpc) is 2.83. The van der Waals surface area contributed by atoms with E-state index < -0.39 is 37.8 Å². The highest BCUT2D eigenvalue weighted by molar-refractivity contribution is 9.10. The van der Waals surface area contributed by atoms with Gasteiger partial charge in [0.15, 0.2) is 15.7 Å². The Bertz CT molecular complexity index is 757. The Morgan fingerprint density at radius 1 is 1.45 bits per heavy atom. The first-order chi connectivity index (χ1) is 9.31. The third-order valence-corrected chi connectivity index (χ3v) is 4.55. The molecule has 0 radical (unpaired) electrons. The molecule has 20 heavy (non-hydrogen) atoms. The number of carboxylic acid groups (broad SMARTS) is 1. The van der Waals surface area contributed by atoms with Gasteiger partial charge in [-0.25, -0.2) is 17.6 Å². The van der Waals surface area contributed by atoms with E-state index in [9.17, 15) is 17.6 Å². The van der Waals surface area contributed by atoms with Gasteiger partial charge in [-0.3, -0.25) is 0 Å². The largest absolute Gasteiger partial charge is 0.478 e. The van der Waals surface area contributed by atoms with Crippen molar-refractivity contribution in [3.63, 3.8) is 0 Å². The molecule has 1 aromatic heterocycles. The molecule has 0 bridgehead atoms. The summed E-state index contributed by atoms with van der Waals surface area (Å²) in [5.74, 6) is -3.38. The van der Waals surface area contributed by atoms with Crippen molar-refractivity contribution in [2.24, 2.45) is 0 Å². The Labute approximate surface area is 121 Å². The number of carboxylic acids is 1. The highest BCUT2D eigenvalue weighted by Gasteiger charge is 2.25. The van der Waals surface area contributed by atoms with Gasteiger partial charge in [0.1, 0.15) is 11.2 Å². The lowest BCUT2D eigenvalue weighted by Crippen LogP contribution is -2.11. The average molecular weight is 364 g/mol. The second-order valence-corrected chi connectivity index (χ2v) is 6.74. The van der Waals surface area contributed by atoms with Crippen molar-refractivity contribution < 1.29 is 27.2 Å². The molecule has 0 amide bonds. The van der Waals surface area contributed by atoms with Gasteiger partial charge in [0.05, 0.1) is 17.5 Å². The van der Waals surface area contributed by atoms with Crippen LogP contribution in [-0.4, -0.2) is 24.7 Å². The van der Waals surface area contributed by atoms with E-state index in [4.69, 9.17) is 5.11 Å². The first-order valence-electron chi connectivity index (χ1n) is 5.14. The van der Waals surface area contributed by atoms with Crippen molar-refractivity contribution in [3.05, 3.63) is 46.0 Å². The fourth-order valence-electron chi connectivity index (χ4n) is 1.54. The third-order valence-electron chi connectivity index (χ3n) is 2.41. The summed E-state index contributed by atoms with van der Waals surface area (Å²) in [5, 5.41) is 12.2. The van der Waals surface area contributed by atoms with Crippen LogP contribution in [0.1, 0.15) is 15.9 Å². The van der Waals surface area contributed by atoms with E-state index >= 15 is 0 Å². The minimum atomic E-state index is -4.06. The van der Waals surface area contributed by atoms with Gasteiger partial charge in [0.25, 0.3) is 0 Å². The number of benzene rings is 1. The molecule has 1 heterocycles. The van der Waals surface area contributed by atoms with E-state index in [1.807, 2.05) is 0 Å². The van der Waals surface area contributed by atoms with Gasteiger partial charge in [-0.05, 0) is 12.1 Å². The van der Waals surface area contributed by atoms with Crippen molar-refractivity contribution in [1.82, 2.24) is 5.16 Å². The van der Waals surface area contributed by atoms with Crippen LogP contribution in [0.2, 0.25) is 0 Å². The number of carbonyl (C=O) groups is 1. The van der Waals surface area contributed by atoms with Crippen molar-refractivity contribution in [2.75, 3.05) is 0 Å². The number of hydrogen-bond acceptors (Lipinski definition) is 5. The molecule has 2 aromatic rings. The summed E-state index contributed by atoms with van der Waals surface area (Å²) in [6.07, 6.45) is 2.30. The zero-order chi connectivity index (χ0) is 14.9. The predicted molar refractivity (Wildman–Crippen MR) is 68.5 cm³/mol. The number of hydrogen-bond donors (Lipinski definition) is 1. The highest BCUT2D eigenvalue weighted by atomic mass is 79.9. The Morgan fingerprint density at radius 2 is 2.15 bits per heavy atom. The number of nitrogens with zero attached hydrogens (tertiary/aromatic N) is 1. The monoisotopic (exact) mass is 363 g/mol. The number of halogens is 2. The molecule has 0 aliphatic carbocycles. The summed E-state index contributed by atoms with van der Waals surface area (Å²) >= 11 is 2.96. The zero-order valence-corrected chi connectivity index (χ0v) is 12.1. The lowest BCUT2D eigenvalue weighted by Gasteiger charge is -2.07. The maximum absolute atomic E-state index is 14.0. The molecule has 1 N–H and O–H groups in total. The molecule has 0 aliphatic heterocycles. The Morgan fingerprint density at radius 3 is 2.70 bits per heavy atom. The second kappa shape index (κ2) is 5.33. The maximum atomic E-state index is 14.0. The Kier molecular flexibility index (Phi) is 3.91. The normalized spacial score (nSPS) is 11.5. The summed E-state index contributed by atoms with van der Waals surface area (Å²) in [6.45, 7) is 0. The first kappa shape index (κ1) is 14.7. The van der Waals surface area contributed by atoms with Gasteiger partial charge < -0.3 is 9.63 Å². The fraction of sp³-hybridized carbons (Fsp3) is 0.0909. The van der Waals surface area contributed by atoms with Gasteiger partial charge in [0.2, 0.25) is 0 Å². The molecular weight excluding hydrogens is 357 g/mol. The van der Waals surface area contributed by atoms with Crippen molar-refractivity contribution in [1.29, 1.82) is 0 Å². The second-order valence-electron chi connectivity index (χ2n) is 3.86. The molecular formula is C11H7BrFNO5S. The van der Waals surface area contributed by atoms with E-state index in [1.54, 1.807) is 0 Å². The maximum Gasteiger partial charge on any atom is 0.338 e. The molecule has 0 fully saturated rings. The van der Waals surface area contributed by atoms with Crippen LogP contribution in [0.4, 0.5) is 4.39 Å². The fourth-order valence-corrected chi connectivity index (χ4v) is 3.58. The van der Waals surface area contributed by atoms with Gasteiger partial charge in [0, 0.05) is 10.0 Å². The third kappa shape index (κ3) is 2.88. The lowest BCUT2D eigenvalue weighted by molar-refractivity contribution is 0.0691. The van der Waals surface area contributed by atoms with E-state index in [0.29, 0.717) is 0 Å². The van der Waals surface area contributed by atoms with Crippen LogP contribution in [0.25, 0.3) is 0 Å². The molecule has 106 valence electrons. The summed E-state index contributed by atoms with van der Waals surface area (Å²) in [6, 6.07) is 2.01. The highest BCUT2D eigenvalue weighted by Crippen LogP contribution is 2.26. The first-order valence-corrected chi connectivity index (χ1v) is 7.59. The SMILES string of the molecule is O=C(O)c1cc(Br)cc(S(=O)(=O)Cc2cnoc2)c1F. The predicted octanol–water partition coefficient (Wildman–Crippen LogP) is 2.25. The Hall–Kier alpha value is -1.74. The summed E-state index contributed by atoms with van der Waals surface area (Å²) in [7, 11) is -4.06. The smallest absolute Gasteiger partial charge is 0.338 e. The minimum absolute atomic E-state index is 0.153. The van der Waals surface area contributed by atoms with Crippen molar-refractivity contribution in [2.45, 2.75) is 10.6 Å². The minimum Gasteiger partial charge on any atom is -0.478 e. The number of aromatic carboxylic acids is 1. The van der Waals surface area contributed by atoms with Crippen LogP contribution in [0.5, 0.6) is 0 Å². The van der Waals surface area contributed by atoms with Crippen LogP contribution >= 0.6 is 15.9 Å². The number of aromatic nitrogens is 1. The number of sulfone groups is 1. The van der Waals surface area contributed by atoms with Crippen molar-refractivity contribution in [3.8, 4) is 0 Å². The van der Waals surface area contributed by atoms with Crippen molar-refractivity contribution >= 4 is 31.7 Å². The summed E-state index contributed by atoms with van der Waals surface area (Å²) in [5.41, 5.74) is -0.482. The standard InChI is InChI=1S/C11H7BrFNO5S/c12-7-1-8(11(15)16)10(13)9(2-7)20(17,18)5-6-3-14-19-4-6/h1-4H,5H2,(H,15,16). The molecule has 0 atom stereocenters. The molecule has 2 rings (SSSR count). The van der Waals surface area contributed by atoms with Gasteiger partial charge in [-0.15, -0.1) is 0 Å². The molecule has 0 unspecified atom stereocenters. The van der Waals surface area contributed by atoms with Crippen LogP contribution < -0.4 is 0 Å². The topological polar surface area (TPSA) is 97.5 Å². The van der Waals surface area contributed by atoms with Gasteiger partial charge in [-0.1, -0.05) is 21.1 Å². The summed E-state index contributed by atoms with van der Waals surface area (Å²) in [4.78, 5) is 10.2. The molecule has 0 aliphatic rings. The van der Waals surface area contributed by atoms with E-state index in [0.717, 1.165) is 18.4 Å². The molecule has 0 saturated carbocycles. The molecule has 1 aromatic carbocycles. The zero-order valence-electron chi connectivity index (χ0n) is 9.71. The quantitative estimate of drug-likeness (QED) is 0.894. The van der Waals surface area contributed by atoms with Crippen LogP contribution in [-0.2, 0) is 15.6 Å². The van der Waals surface area contributed by atoms with E-state index in [2.05, 4.69) is 25.6 Å². The molecule has 9 heteroatoms. The Balaban J connectivity index is 2.54. The van der Waals surface area contributed by atoms with E-state index in [1.165, 1.54) is 6.20 Å². The van der Waals surface area contributed by atoms with Gasteiger partial charge in [-0.2, -0.15) is 0 Å². The molecule has 0 spiro atoms. The lowest BCUT2D eigenvalue weighted by atomic mass is 10.2. The molecule has 0 saturated heterocycles. The number of rotatable bonds is 4. The van der Waals surface area contributed by atoms with Crippen LogP contribution in [0, 0.1) is 5.82 Å². The van der Waals surface area contributed by atoms with Gasteiger partial charge >= 0.3 is 5.97 Å².